The van der Waals surface area contributed by atoms with Gasteiger partial charge in [0.2, 0.25) is 0 Å². The Bertz CT molecular complexity index is 453. The Balaban J connectivity index is 3.00. The predicted molar refractivity (Wildman–Crippen MR) is 72.6 cm³/mol. The first-order valence-electron chi connectivity index (χ1n) is 5.80. The van der Waals surface area contributed by atoms with Crippen LogP contribution in [-0.4, -0.2) is 18.2 Å². The van der Waals surface area contributed by atoms with Gasteiger partial charge in [0, 0.05) is 6.08 Å². The van der Waals surface area contributed by atoms with Crippen molar-refractivity contribution in [2.45, 2.75) is 13.8 Å². The van der Waals surface area contributed by atoms with Crippen LogP contribution in [0.3, 0.4) is 0 Å². The van der Waals surface area contributed by atoms with Crippen molar-refractivity contribution < 1.29 is 14.6 Å². The van der Waals surface area contributed by atoms with Crippen molar-refractivity contribution in [2.24, 2.45) is 5.92 Å². The molecular weight excluding hydrogens is 228 g/mol. The van der Waals surface area contributed by atoms with E-state index >= 15 is 0 Å². The molecule has 0 saturated heterocycles. The van der Waals surface area contributed by atoms with Crippen molar-refractivity contribution in [2.75, 3.05) is 7.11 Å². The van der Waals surface area contributed by atoms with Crippen LogP contribution in [0.25, 0.3) is 5.57 Å². The van der Waals surface area contributed by atoms with Gasteiger partial charge < -0.3 is 9.84 Å². The van der Waals surface area contributed by atoms with Crippen LogP contribution in [0.15, 0.2) is 42.5 Å². The summed E-state index contributed by atoms with van der Waals surface area (Å²) in [5, 5.41) is 8.57. The lowest BCUT2D eigenvalue weighted by Crippen LogP contribution is -1.94. The van der Waals surface area contributed by atoms with E-state index in [1.165, 1.54) is 0 Å². The first-order valence-corrected chi connectivity index (χ1v) is 5.80. The highest BCUT2D eigenvalue weighted by molar-refractivity contribution is 5.81. The van der Waals surface area contributed by atoms with Gasteiger partial charge in [-0.25, -0.2) is 4.79 Å². The Morgan fingerprint density at radius 3 is 2.33 bits per heavy atom. The molecule has 3 heteroatoms. The van der Waals surface area contributed by atoms with Gasteiger partial charge in [-0.15, -0.1) is 0 Å². The van der Waals surface area contributed by atoms with Crippen LogP contribution in [0.5, 0.6) is 5.75 Å². The molecule has 3 nitrogen and oxygen atoms in total. The second-order valence-electron chi connectivity index (χ2n) is 4.20. The van der Waals surface area contributed by atoms with Crippen molar-refractivity contribution in [1.29, 1.82) is 0 Å². The summed E-state index contributed by atoms with van der Waals surface area (Å²) in [6.07, 6.45) is 4.52. The van der Waals surface area contributed by atoms with Crippen LogP contribution in [0.4, 0.5) is 0 Å². The van der Waals surface area contributed by atoms with Gasteiger partial charge in [0.1, 0.15) is 5.75 Å². The molecule has 1 N–H and O–H groups in total. The zero-order valence-electron chi connectivity index (χ0n) is 10.9. The molecule has 0 aliphatic heterocycles. The van der Waals surface area contributed by atoms with E-state index in [1.807, 2.05) is 30.3 Å². The molecule has 0 bridgehead atoms. The summed E-state index contributed by atoms with van der Waals surface area (Å²) in [5.41, 5.74) is 2.16. The quantitative estimate of drug-likeness (QED) is 0.640. The molecular formula is C15H18O3. The number of hydrogen-bond donors (Lipinski definition) is 1. The summed E-state index contributed by atoms with van der Waals surface area (Å²) in [5.74, 6) is 0.184. The number of carboxylic acids is 1. The van der Waals surface area contributed by atoms with E-state index in [9.17, 15) is 4.79 Å². The molecule has 0 aliphatic rings. The number of ether oxygens (including phenoxy) is 1. The van der Waals surface area contributed by atoms with Crippen LogP contribution in [0, 0.1) is 5.92 Å². The summed E-state index contributed by atoms with van der Waals surface area (Å²) < 4.78 is 5.11. The Labute approximate surface area is 107 Å². The number of carbonyl (C=O) groups is 1. The zero-order chi connectivity index (χ0) is 13.5. The van der Waals surface area contributed by atoms with E-state index in [4.69, 9.17) is 9.84 Å². The smallest absolute Gasteiger partial charge is 0.328 e. The van der Waals surface area contributed by atoms with Crippen molar-refractivity contribution in [1.82, 2.24) is 0 Å². The average Bonchev–Trinajstić information content (AvgIpc) is 2.34. The standard InChI is InChI=1S/C15H18O3/c1-11(2)14(5-4-6-15(16)17)12-7-9-13(18-3)10-8-12/h4-11H,1-3H3,(H,16,17)/b6-4+,14-5+. The fourth-order valence-corrected chi connectivity index (χ4v) is 1.64. The van der Waals surface area contributed by atoms with E-state index in [2.05, 4.69) is 13.8 Å². The molecule has 0 amide bonds. The molecule has 1 aromatic rings. The maximum atomic E-state index is 10.4. The molecule has 0 radical (unpaired) electrons. The lowest BCUT2D eigenvalue weighted by molar-refractivity contribution is -0.131. The Morgan fingerprint density at radius 1 is 1.28 bits per heavy atom. The molecule has 0 spiro atoms. The number of aliphatic carboxylic acids is 1. The van der Waals surface area contributed by atoms with Crippen LogP contribution in [-0.2, 0) is 4.79 Å². The second kappa shape index (κ2) is 6.64. The van der Waals surface area contributed by atoms with Gasteiger partial charge in [-0.05, 0) is 29.2 Å². The van der Waals surface area contributed by atoms with Gasteiger partial charge in [0.15, 0.2) is 0 Å². The Morgan fingerprint density at radius 2 is 1.89 bits per heavy atom. The Hall–Kier alpha value is -2.03. The molecule has 18 heavy (non-hydrogen) atoms. The van der Waals surface area contributed by atoms with E-state index in [0.717, 1.165) is 23.0 Å². The lowest BCUT2D eigenvalue weighted by atomic mass is 9.95. The minimum atomic E-state index is -0.941. The number of benzene rings is 1. The SMILES string of the molecule is COc1ccc(/C(=C/C=C/C(=O)O)C(C)C)cc1. The molecule has 96 valence electrons. The lowest BCUT2D eigenvalue weighted by Gasteiger charge is -2.11. The maximum absolute atomic E-state index is 10.4. The first kappa shape index (κ1) is 14.0. The van der Waals surface area contributed by atoms with Gasteiger partial charge in [0.05, 0.1) is 7.11 Å². The molecule has 0 aliphatic carbocycles. The summed E-state index contributed by atoms with van der Waals surface area (Å²) >= 11 is 0. The molecule has 0 fully saturated rings. The highest BCUT2D eigenvalue weighted by Crippen LogP contribution is 2.25. The highest BCUT2D eigenvalue weighted by Gasteiger charge is 2.05. The topological polar surface area (TPSA) is 46.5 Å². The predicted octanol–water partition coefficient (Wildman–Crippen LogP) is 3.38. The molecule has 0 saturated carbocycles. The van der Waals surface area contributed by atoms with Gasteiger partial charge in [-0.1, -0.05) is 38.1 Å². The first-order chi connectivity index (χ1) is 8.54. The summed E-state index contributed by atoms with van der Waals surface area (Å²) in [6, 6.07) is 7.73. The normalized spacial score (nSPS) is 12.1. The van der Waals surface area contributed by atoms with Crippen LogP contribution in [0.2, 0.25) is 0 Å². The van der Waals surface area contributed by atoms with E-state index in [1.54, 1.807) is 13.2 Å². The van der Waals surface area contributed by atoms with Crippen LogP contribution in [0.1, 0.15) is 19.4 Å². The third kappa shape index (κ3) is 4.09. The molecule has 1 rings (SSSR count). The average molecular weight is 246 g/mol. The molecule has 1 aromatic carbocycles. The number of rotatable bonds is 5. The molecule has 0 heterocycles. The van der Waals surface area contributed by atoms with Crippen LogP contribution >= 0.6 is 0 Å². The van der Waals surface area contributed by atoms with Gasteiger partial charge in [-0.3, -0.25) is 0 Å². The maximum Gasteiger partial charge on any atom is 0.328 e. The van der Waals surface area contributed by atoms with Crippen molar-refractivity contribution in [3.05, 3.63) is 48.1 Å². The zero-order valence-corrected chi connectivity index (χ0v) is 10.9. The number of carboxylic acid groups (broad SMARTS) is 1. The molecule has 0 aromatic heterocycles. The monoisotopic (exact) mass is 246 g/mol. The second-order valence-corrected chi connectivity index (χ2v) is 4.20. The molecule has 0 atom stereocenters. The highest BCUT2D eigenvalue weighted by atomic mass is 16.5. The fourth-order valence-electron chi connectivity index (χ4n) is 1.64. The van der Waals surface area contributed by atoms with E-state index in [0.29, 0.717) is 5.92 Å². The summed E-state index contributed by atoms with van der Waals surface area (Å²) in [4.78, 5) is 10.4. The Kier molecular flexibility index (Phi) is 5.18. The summed E-state index contributed by atoms with van der Waals surface area (Å²) in [6.45, 7) is 4.15. The van der Waals surface area contributed by atoms with Crippen molar-refractivity contribution >= 4 is 11.5 Å². The molecule has 0 unspecified atom stereocenters. The van der Waals surface area contributed by atoms with E-state index in [-0.39, 0.29) is 0 Å². The number of hydrogen-bond acceptors (Lipinski definition) is 2. The van der Waals surface area contributed by atoms with Crippen molar-refractivity contribution in [3.8, 4) is 5.75 Å². The number of allylic oxidation sites excluding steroid dienone is 3. The largest absolute Gasteiger partial charge is 0.497 e. The van der Waals surface area contributed by atoms with Crippen LogP contribution < -0.4 is 4.74 Å². The van der Waals surface area contributed by atoms with Crippen molar-refractivity contribution in [3.63, 3.8) is 0 Å². The van der Waals surface area contributed by atoms with E-state index < -0.39 is 5.97 Å². The van der Waals surface area contributed by atoms with Gasteiger partial charge in [0.25, 0.3) is 0 Å². The van der Waals surface area contributed by atoms with Gasteiger partial charge in [-0.2, -0.15) is 0 Å². The minimum absolute atomic E-state index is 0.317. The van der Waals surface area contributed by atoms with Gasteiger partial charge >= 0.3 is 5.97 Å². The third-order valence-corrected chi connectivity index (χ3v) is 2.56. The fraction of sp³-hybridized carbons (Fsp3) is 0.267. The number of methoxy groups -OCH3 is 1. The third-order valence-electron chi connectivity index (χ3n) is 2.56. The summed E-state index contributed by atoms with van der Waals surface area (Å²) in [7, 11) is 1.63. The minimum Gasteiger partial charge on any atom is -0.497 e.